The highest BCUT2D eigenvalue weighted by atomic mass is 19.4. The normalized spacial score (nSPS) is 25.5. The molecule has 1 aromatic carbocycles. The molecule has 0 radical (unpaired) electrons. The number of rotatable bonds is 2. The van der Waals surface area contributed by atoms with Crippen molar-refractivity contribution in [1.29, 1.82) is 0 Å². The van der Waals surface area contributed by atoms with E-state index in [1.54, 1.807) is 4.90 Å². The molecule has 1 spiro atoms. The molecule has 0 bridgehead atoms. The fraction of sp³-hybridized carbons (Fsp3) is 0.632. The molecule has 1 aromatic rings. The van der Waals surface area contributed by atoms with Gasteiger partial charge in [0.05, 0.1) is 36.7 Å². The standard InChI is InChI=1S/C19H24F3N3O3/c20-19(21,22)14-3-4-16(24-6-1-2-7-24)15(11-14)23-17(26)25-8-10-28-18(12-25)5-9-27-13-18/h3-4,11H,1-2,5-10,12-13H2,(H,23,26)/t18-/m1/s1. The fourth-order valence-electron chi connectivity index (χ4n) is 4.09. The minimum atomic E-state index is -4.47. The van der Waals surface area contributed by atoms with E-state index in [0.717, 1.165) is 38.1 Å². The maximum absolute atomic E-state index is 13.2. The van der Waals surface area contributed by atoms with E-state index in [0.29, 0.717) is 45.0 Å². The second-order valence-electron chi connectivity index (χ2n) is 7.61. The molecule has 3 fully saturated rings. The molecule has 3 aliphatic rings. The first-order valence-electron chi connectivity index (χ1n) is 9.60. The maximum atomic E-state index is 13.2. The number of ether oxygens (including phenoxy) is 2. The Hall–Kier alpha value is -2.00. The Bertz CT molecular complexity index is 729. The molecule has 154 valence electrons. The Morgan fingerprint density at radius 1 is 1.14 bits per heavy atom. The molecule has 0 unspecified atom stereocenters. The van der Waals surface area contributed by atoms with E-state index in [1.807, 2.05) is 4.90 Å². The highest BCUT2D eigenvalue weighted by molar-refractivity contribution is 5.93. The van der Waals surface area contributed by atoms with E-state index in [1.165, 1.54) is 6.07 Å². The van der Waals surface area contributed by atoms with Crippen molar-refractivity contribution in [3.63, 3.8) is 0 Å². The van der Waals surface area contributed by atoms with E-state index in [-0.39, 0.29) is 5.69 Å². The van der Waals surface area contributed by atoms with Gasteiger partial charge in [-0.1, -0.05) is 0 Å². The van der Waals surface area contributed by atoms with Crippen molar-refractivity contribution in [2.45, 2.75) is 31.0 Å². The van der Waals surface area contributed by atoms with Crippen LogP contribution in [0.2, 0.25) is 0 Å². The van der Waals surface area contributed by atoms with Crippen molar-refractivity contribution < 1.29 is 27.4 Å². The lowest BCUT2D eigenvalue weighted by Crippen LogP contribution is -2.55. The molecule has 2 amide bonds. The lowest BCUT2D eigenvalue weighted by Gasteiger charge is -2.39. The van der Waals surface area contributed by atoms with Crippen LogP contribution in [0.15, 0.2) is 18.2 Å². The number of nitrogens with one attached hydrogen (secondary N) is 1. The molecule has 28 heavy (non-hydrogen) atoms. The summed E-state index contributed by atoms with van der Waals surface area (Å²) in [5.41, 5.74) is -0.439. The number of urea groups is 1. The molecule has 1 N–H and O–H groups in total. The summed E-state index contributed by atoms with van der Waals surface area (Å²) in [4.78, 5) is 16.5. The van der Waals surface area contributed by atoms with Gasteiger partial charge in [0.2, 0.25) is 0 Å². The van der Waals surface area contributed by atoms with E-state index >= 15 is 0 Å². The third-order valence-electron chi connectivity index (χ3n) is 5.62. The van der Waals surface area contributed by atoms with Gasteiger partial charge in [-0.3, -0.25) is 0 Å². The molecule has 4 rings (SSSR count). The van der Waals surface area contributed by atoms with E-state index in [4.69, 9.17) is 9.47 Å². The summed E-state index contributed by atoms with van der Waals surface area (Å²) in [5, 5.41) is 2.72. The Morgan fingerprint density at radius 3 is 2.61 bits per heavy atom. The van der Waals surface area contributed by atoms with Crippen molar-refractivity contribution in [2.24, 2.45) is 0 Å². The molecule has 1 atom stereocenters. The van der Waals surface area contributed by atoms with Gasteiger partial charge in [-0.15, -0.1) is 0 Å². The number of carbonyl (C=O) groups is 1. The van der Waals surface area contributed by atoms with E-state index < -0.39 is 23.4 Å². The smallest absolute Gasteiger partial charge is 0.378 e. The maximum Gasteiger partial charge on any atom is 0.416 e. The minimum absolute atomic E-state index is 0.199. The van der Waals surface area contributed by atoms with Gasteiger partial charge < -0.3 is 24.6 Å². The summed E-state index contributed by atoms with van der Waals surface area (Å²) in [6.45, 7) is 3.71. The Labute approximate surface area is 161 Å². The predicted octanol–water partition coefficient (Wildman–Crippen LogP) is 3.33. The Balaban J connectivity index is 1.55. The van der Waals surface area contributed by atoms with Crippen molar-refractivity contribution >= 4 is 17.4 Å². The van der Waals surface area contributed by atoms with Crippen LogP contribution in [0.5, 0.6) is 0 Å². The molecular weight excluding hydrogens is 375 g/mol. The number of alkyl halides is 3. The van der Waals surface area contributed by atoms with Gasteiger partial charge in [0.25, 0.3) is 0 Å². The molecule has 3 heterocycles. The zero-order valence-electron chi connectivity index (χ0n) is 15.6. The van der Waals surface area contributed by atoms with Crippen LogP contribution in [0.1, 0.15) is 24.8 Å². The second kappa shape index (κ2) is 7.44. The molecule has 0 aliphatic carbocycles. The van der Waals surface area contributed by atoms with Crippen LogP contribution in [0.25, 0.3) is 0 Å². The second-order valence-corrected chi connectivity index (χ2v) is 7.61. The summed E-state index contributed by atoms with van der Waals surface area (Å²) in [7, 11) is 0. The highest BCUT2D eigenvalue weighted by Crippen LogP contribution is 2.37. The Morgan fingerprint density at radius 2 is 1.93 bits per heavy atom. The topological polar surface area (TPSA) is 54.0 Å². The van der Waals surface area contributed by atoms with Gasteiger partial charge in [-0.25, -0.2) is 4.79 Å². The first-order chi connectivity index (χ1) is 13.4. The number of hydrogen-bond donors (Lipinski definition) is 1. The summed E-state index contributed by atoms with van der Waals surface area (Å²) in [6, 6.07) is 3.15. The molecule has 3 saturated heterocycles. The molecule has 6 nitrogen and oxygen atoms in total. The SMILES string of the molecule is O=C(Nc1cc(C(F)(F)F)ccc1N1CCCC1)N1CCO[C@]2(CCOC2)C1. The summed E-state index contributed by atoms with van der Waals surface area (Å²) < 4.78 is 50.8. The number of benzene rings is 1. The number of carbonyl (C=O) groups excluding carboxylic acids is 1. The van der Waals surface area contributed by atoms with Gasteiger partial charge in [-0.05, 0) is 31.0 Å². The first kappa shape index (κ1) is 19.3. The zero-order chi connectivity index (χ0) is 19.8. The third kappa shape index (κ3) is 3.91. The number of nitrogens with zero attached hydrogens (tertiary/aromatic N) is 2. The minimum Gasteiger partial charge on any atom is -0.378 e. The molecule has 0 aromatic heterocycles. The lowest BCUT2D eigenvalue weighted by atomic mass is 10.0. The van der Waals surface area contributed by atoms with Crippen LogP contribution < -0.4 is 10.2 Å². The van der Waals surface area contributed by atoms with Gasteiger partial charge in [0.1, 0.15) is 5.60 Å². The van der Waals surface area contributed by atoms with Gasteiger partial charge in [0, 0.05) is 32.7 Å². The molecular formula is C19H24F3N3O3. The van der Waals surface area contributed by atoms with Crippen LogP contribution in [-0.4, -0.2) is 62.5 Å². The number of morpholine rings is 1. The largest absolute Gasteiger partial charge is 0.416 e. The summed E-state index contributed by atoms with van der Waals surface area (Å²) in [5.74, 6) is 0. The average molecular weight is 399 g/mol. The monoisotopic (exact) mass is 399 g/mol. The first-order valence-corrected chi connectivity index (χ1v) is 9.60. The van der Waals surface area contributed by atoms with Crippen LogP contribution in [-0.2, 0) is 15.7 Å². The van der Waals surface area contributed by atoms with Crippen LogP contribution in [0.4, 0.5) is 29.3 Å². The molecule has 0 saturated carbocycles. The van der Waals surface area contributed by atoms with Crippen LogP contribution in [0.3, 0.4) is 0 Å². The van der Waals surface area contributed by atoms with Gasteiger partial charge >= 0.3 is 12.2 Å². The summed E-state index contributed by atoms with van der Waals surface area (Å²) in [6.07, 6.45) is -1.78. The zero-order valence-corrected chi connectivity index (χ0v) is 15.6. The van der Waals surface area contributed by atoms with Crippen molar-refractivity contribution in [3.8, 4) is 0 Å². The number of halogens is 3. The molecule has 9 heteroatoms. The Kier molecular flexibility index (Phi) is 5.13. The van der Waals surface area contributed by atoms with Crippen molar-refractivity contribution in [2.75, 3.05) is 56.2 Å². The fourth-order valence-corrected chi connectivity index (χ4v) is 4.09. The van der Waals surface area contributed by atoms with E-state index in [2.05, 4.69) is 5.32 Å². The third-order valence-corrected chi connectivity index (χ3v) is 5.62. The van der Waals surface area contributed by atoms with Crippen molar-refractivity contribution in [3.05, 3.63) is 23.8 Å². The highest BCUT2D eigenvalue weighted by Gasteiger charge is 2.42. The van der Waals surface area contributed by atoms with Crippen LogP contribution >= 0.6 is 0 Å². The lowest BCUT2D eigenvalue weighted by molar-refractivity contribution is -0.137. The van der Waals surface area contributed by atoms with Crippen molar-refractivity contribution in [1.82, 2.24) is 4.90 Å². The summed E-state index contributed by atoms with van der Waals surface area (Å²) >= 11 is 0. The number of amides is 2. The number of hydrogen-bond acceptors (Lipinski definition) is 4. The quantitative estimate of drug-likeness (QED) is 0.829. The van der Waals surface area contributed by atoms with Crippen LogP contribution in [0, 0.1) is 0 Å². The molecule has 3 aliphatic heterocycles. The van der Waals surface area contributed by atoms with E-state index in [9.17, 15) is 18.0 Å². The predicted molar refractivity (Wildman–Crippen MR) is 97.6 cm³/mol. The number of anilines is 2. The van der Waals surface area contributed by atoms with Gasteiger partial charge in [0.15, 0.2) is 0 Å². The average Bonchev–Trinajstić information content (AvgIpc) is 3.33. The van der Waals surface area contributed by atoms with Gasteiger partial charge in [-0.2, -0.15) is 13.2 Å².